The first-order valence-corrected chi connectivity index (χ1v) is 4.33. The molecule has 0 saturated heterocycles. The van der Waals surface area contributed by atoms with Crippen LogP contribution in [0.4, 0.5) is 5.69 Å². The van der Waals surface area contributed by atoms with Crippen LogP contribution in [-0.2, 0) is 5.41 Å². The Kier molecular flexibility index (Phi) is 2.49. The fourth-order valence-electron chi connectivity index (χ4n) is 1.70. The molecule has 0 aliphatic carbocycles. The summed E-state index contributed by atoms with van der Waals surface area (Å²) < 4.78 is 0. The molecule has 0 aromatic heterocycles. The molecule has 1 aromatic carbocycles. The van der Waals surface area contributed by atoms with Crippen molar-refractivity contribution in [2.45, 2.75) is 26.2 Å². The number of nitrogens with one attached hydrogen (secondary N) is 1. The summed E-state index contributed by atoms with van der Waals surface area (Å²) in [6.07, 6.45) is 0. The number of para-hydroxylation sites is 1. The summed E-state index contributed by atoms with van der Waals surface area (Å²) >= 11 is 0. The highest BCUT2D eigenvalue weighted by atomic mass is 35.5. The van der Waals surface area contributed by atoms with Gasteiger partial charge in [0.05, 0.1) is 5.41 Å². The molecule has 0 bridgehead atoms. The van der Waals surface area contributed by atoms with E-state index in [1.54, 1.807) is 0 Å². The predicted molar refractivity (Wildman–Crippen MR) is 50.8 cm³/mol. The van der Waals surface area contributed by atoms with Gasteiger partial charge in [-0.15, -0.1) is 0 Å². The topological polar surface area (TPSA) is 14.0 Å². The molecule has 1 aliphatic rings. The lowest BCUT2D eigenvalue weighted by Gasteiger charge is -2.14. The minimum atomic E-state index is 0. The maximum absolute atomic E-state index is 3.40. The summed E-state index contributed by atoms with van der Waals surface area (Å²) in [6, 6.07) is 8.49. The molecule has 0 saturated carbocycles. The van der Waals surface area contributed by atoms with E-state index in [2.05, 4.69) is 50.0 Å². The average molecular weight is 196 g/mol. The lowest BCUT2D eigenvalue weighted by molar-refractivity contribution is -0.351. The van der Waals surface area contributed by atoms with E-state index in [-0.39, 0.29) is 17.8 Å². The van der Waals surface area contributed by atoms with Gasteiger partial charge in [0.1, 0.15) is 0 Å². The van der Waals surface area contributed by atoms with Crippen LogP contribution < -0.4 is 17.4 Å². The summed E-state index contributed by atoms with van der Waals surface area (Å²) in [5.41, 5.74) is 4.20. The van der Waals surface area contributed by atoms with Gasteiger partial charge in [-0.1, -0.05) is 18.2 Å². The number of hydrogen-bond acceptors (Lipinski definition) is 0. The zero-order valence-corrected chi connectivity index (χ0v) is 8.94. The lowest BCUT2D eigenvalue weighted by atomic mass is 9.82. The highest BCUT2D eigenvalue weighted by Gasteiger charge is 2.37. The van der Waals surface area contributed by atoms with Gasteiger partial charge >= 0.3 is 0 Å². The summed E-state index contributed by atoms with van der Waals surface area (Å²) in [5.74, 6) is 0. The zero-order valence-electron chi connectivity index (χ0n) is 8.19. The van der Waals surface area contributed by atoms with E-state index in [1.165, 1.54) is 17.0 Å². The molecular weight excluding hydrogens is 182 g/mol. The van der Waals surface area contributed by atoms with Crippen molar-refractivity contribution in [3.8, 4) is 0 Å². The van der Waals surface area contributed by atoms with Crippen LogP contribution in [0.3, 0.4) is 0 Å². The Bertz CT molecular complexity index is 353. The molecule has 1 nitrogen and oxygen atoms in total. The van der Waals surface area contributed by atoms with Crippen LogP contribution in [0, 0.1) is 0 Å². The number of benzene rings is 1. The van der Waals surface area contributed by atoms with Crippen molar-refractivity contribution in [1.82, 2.24) is 0 Å². The standard InChI is InChI=1S/C11H13N.ClH/c1-8-11(2,3)9-6-4-5-7-10(9)12-8;/h4-7H,1-3H3;1H. The van der Waals surface area contributed by atoms with Crippen molar-refractivity contribution in [2.24, 2.45) is 0 Å². The first kappa shape index (κ1) is 10.3. The Balaban J connectivity index is 0.000000845. The molecule has 1 aromatic rings. The van der Waals surface area contributed by atoms with Gasteiger partial charge in [-0.25, -0.2) is 4.99 Å². The fraction of sp³-hybridized carbons (Fsp3) is 0.364. The maximum atomic E-state index is 3.40. The number of fused-ring (bicyclic) bond motifs is 1. The van der Waals surface area contributed by atoms with E-state index < -0.39 is 0 Å². The largest absolute Gasteiger partial charge is 1.00 e. The molecular formula is C11H14ClN. The second kappa shape index (κ2) is 3.15. The third-order valence-corrected chi connectivity index (χ3v) is 2.86. The SMILES string of the molecule is CC1=[NH+]c2ccccc2C1(C)C.[Cl-]. The molecule has 0 radical (unpaired) electrons. The summed E-state index contributed by atoms with van der Waals surface area (Å²) in [6.45, 7) is 6.66. The van der Waals surface area contributed by atoms with Crippen molar-refractivity contribution in [2.75, 3.05) is 0 Å². The van der Waals surface area contributed by atoms with Crippen LogP contribution in [-0.4, -0.2) is 5.71 Å². The summed E-state index contributed by atoms with van der Waals surface area (Å²) in [5, 5.41) is 0. The van der Waals surface area contributed by atoms with E-state index >= 15 is 0 Å². The van der Waals surface area contributed by atoms with Crippen LogP contribution in [0.1, 0.15) is 26.3 Å². The van der Waals surface area contributed by atoms with Gasteiger partial charge in [0.15, 0.2) is 5.71 Å². The predicted octanol–water partition coefficient (Wildman–Crippen LogP) is -1.85. The molecule has 0 spiro atoms. The van der Waals surface area contributed by atoms with Gasteiger partial charge in [-0.3, -0.25) is 0 Å². The minimum absolute atomic E-state index is 0. The van der Waals surface area contributed by atoms with Crippen molar-refractivity contribution < 1.29 is 17.4 Å². The van der Waals surface area contributed by atoms with E-state index in [4.69, 9.17) is 0 Å². The third-order valence-electron chi connectivity index (χ3n) is 2.86. The Hall–Kier alpha value is -0.820. The molecule has 13 heavy (non-hydrogen) atoms. The van der Waals surface area contributed by atoms with Crippen LogP contribution in [0.15, 0.2) is 24.3 Å². The molecule has 1 N–H and O–H groups in total. The smallest absolute Gasteiger partial charge is 0.207 e. The van der Waals surface area contributed by atoms with Gasteiger partial charge in [-0.05, 0) is 13.8 Å². The Labute approximate surface area is 85.3 Å². The van der Waals surface area contributed by atoms with Gasteiger partial charge in [-0.2, -0.15) is 0 Å². The van der Waals surface area contributed by atoms with E-state index in [0.717, 1.165) is 0 Å². The highest BCUT2D eigenvalue weighted by Crippen LogP contribution is 2.30. The monoisotopic (exact) mass is 195 g/mol. The molecule has 2 rings (SSSR count). The van der Waals surface area contributed by atoms with E-state index in [0.29, 0.717) is 0 Å². The molecule has 0 amide bonds. The number of halogens is 1. The van der Waals surface area contributed by atoms with Gasteiger partial charge in [0.25, 0.3) is 0 Å². The quantitative estimate of drug-likeness (QED) is 0.500. The number of rotatable bonds is 0. The molecule has 1 aliphatic heterocycles. The summed E-state index contributed by atoms with van der Waals surface area (Å²) in [4.78, 5) is 3.40. The molecule has 0 fully saturated rings. The normalized spacial score (nSPS) is 17.3. The van der Waals surface area contributed by atoms with Crippen LogP contribution in [0.5, 0.6) is 0 Å². The van der Waals surface area contributed by atoms with Crippen molar-refractivity contribution in [3.05, 3.63) is 29.8 Å². The van der Waals surface area contributed by atoms with E-state index in [1.807, 2.05) is 0 Å². The first-order valence-electron chi connectivity index (χ1n) is 4.33. The molecule has 0 atom stereocenters. The molecule has 2 heteroatoms. The average Bonchev–Trinajstić information content (AvgIpc) is 2.25. The van der Waals surface area contributed by atoms with Crippen molar-refractivity contribution in [3.63, 3.8) is 0 Å². The van der Waals surface area contributed by atoms with Crippen LogP contribution in [0.25, 0.3) is 0 Å². The number of hydrogen-bond donors (Lipinski definition) is 1. The van der Waals surface area contributed by atoms with E-state index in [9.17, 15) is 0 Å². The third kappa shape index (κ3) is 1.37. The van der Waals surface area contributed by atoms with Crippen LogP contribution >= 0.6 is 0 Å². The Morgan fingerprint density at radius 1 is 1.15 bits per heavy atom. The van der Waals surface area contributed by atoms with Crippen LogP contribution in [0.2, 0.25) is 0 Å². The molecule has 0 unspecified atom stereocenters. The van der Waals surface area contributed by atoms with Crippen molar-refractivity contribution >= 4 is 11.4 Å². The van der Waals surface area contributed by atoms with Crippen molar-refractivity contribution in [1.29, 1.82) is 0 Å². The highest BCUT2D eigenvalue weighted by molar-refractivity contribution is 5.91. The Morgan fingerprint density at radius 2 is 1.77 bits per heavy atom. The first-order chi connectivity index (χ1) is 5.62. The minimum Gasteiger partial charge on any atom is -1.00 e. The second-order valence-corrected chi connectivity index (χ2v) is 3.92. The Morgan fingerprint density at radius 3 is 2.38 bits per heavy atom. The zero-order chi connectivity index (χ0) is 8.77. The van der Waals surface area contributed by atoms with Gasteiger partial charge in [0, 0.05) is 18.6 Å². The lowest BCUT2D eigenvalue weighted by Crippen LogP contribution is -3.00. The second-order valence-electron chi connectivity index (χ2n) is 3.92. The van der Waals surface area contributed by atoms with Gasteiger partial charge < -0.3 is 12.4 Å². The summed E-state index contributed by atoms with van der Waals surface area (Å²) in [7, 11) is 0. The maximum Gasteiger partial charge on any atom is 0.207 e. The molecule has 70 valence electrons. The van der Waals surface area contributed by atoms with Gasteiger partial charge in [0.2, 0.25) is 5.69 Å². The molecule has 1 heterocycles. The fourth-order valence-corrected chi connectivity index (χ4v) is 1.70.